The number of carbonyl (C=O) groups excluding carboxylic acids is 1. The van der Waals surface area contributed by atoms with Gasteiger partial charge >= 0.3 is 0 Å². The first-order valence-corrected chi connectivity index (χ1v) is 9.83. The molecule has 0 N–H and O–H groups in total. The predicted octanol–water partition coefficient (Wildman–Crippen LogP) is 4.34. The number of amides is 1. The van der Waals surface area contributed by atoms with E-state index < -0.39 is 0 Å². The second kappa shape index (κ2) is 10.0. The molecule has 1 amide bonds. The molecule has 1 saturated heterocycles. The highest BCUT2D eigenvalue weighted by Gasteiger charge is 2.23. The Morgan fingerprint density at radius 1 is 1.07 bits per heavy atom. The number of likely N-dealkylation sites (tertiary alicyclic amines) is 1. The summed E-state index contributed by atoms with van der Waals surface area (Å²) in [4.78, 5) is 14.6. The molecule has 0 aliphatic carbocycles. The number of nitrogens with zero attached hydrogens (tertiary/aromatic N) is 1. The molecule has 1 unspecified atom stereocenters. The molecule has 144 valence electrons. The zero-order valence-corrected chi connectivity index (χ0v) is 16.1. The van der Waals surface area contributed by atoms with Gasteiger partial charge in [0.15, 0.2) is 0 Å². The zero-order valence-electron chi connectivity index (χ0n) is 16.1. The van der Waals surface area contributed by atoms with Crippen LogP contribution in [0.5, 0.6) is 11.5 Å². The van der Waals surface area contributed by atoms with E-state index in [1.54, 1.807) is 7.11 Å². The van der Waals surface area contributed by atoms with Crippen molar-refractivity contribution in [1.82, 2.24) is 4.90 Å². The molecule has 2 aromatic rings. The minimum Gasteiger partial charge on any atom is -0.497 e. The quantitative estimate of drug-likeness (QED) is 0.697. The topological polar surface area (TPSA) is 38.8 Å². The molecule has 1 atom stereocenters. The van der Waals surface area contributed by atoms with Crippen molar-refractivity contribution < 1.29 is 14.3 Å². The molecule has 4 heteroatoms. The summed E-state index contributed by atoms with van der Waals surface area (Å²) in [6, 6.07) is 18.0. The zero-order chi connectivity index (χ0) is 18.9. The van der Waals surface area contributed by atoms with E-state index >= 15 is 0 Å². The van der Waals surface area contributed by atoms with Gasteiger partial charge in [-0.25, -0.2) is 0 Å². The van der Waals surface area contributed by atoms with Crippen LogP contribution < -0.4 is 9.47 Å². The van der Waals surface area contributed by atoms with E-state index in [-0.39, 0.29) is 5.91 Å². The van der Waals surface area contributed by atoms with E-state index in [2.05, 4.69) is 12.1 Å². The van der Waals surface area contributed by atoms with E-state index in [0.29, 0.717) is 18.9 Å². The van der Waals surface area contributed by atoms with Crippen LogP contribution in [0.25, 0.3) is 0 Å². The maximum Gasteiger partial charge on any atom is 0.222 e. The van der Waals surface area contributed by atoms with E-state index in [0.717, 1.165) is 50.3 Å². The van der Waals surface area contributed by atoms with Gasteiger partial charge in [0.05, 0.1) is 13.7 Å². The lowest BCUT2D eigenvalue weighted by Gasteiger charge is -2.32. The standard InChI is InChI=1S/C23H29NO3/c1-26-21-14-12-19(13-15-21)7-5-11-23(25)24-16-6-8-20(17-24)18-27-22-9-3-2-4-10-22/h2-4,9-10,12-15,20H,5-8,11,16-18H2,1H3. The third-order valence-electron chi connectivity index (χ3n) is 5.12. The van der Waals surface area contributed by atoms with E-state index in [4.69, 9.17) is 9.47 Å². The Hall–Kier alpha value is -2.49. The Morgan fingerprint density at radius 3 is 2.59 bits per heavy atom. The summed E-state index contributed by atoms with van der Waals surface area (Å²) in [5.74, 6) is 2.46. The van der Waals surface area contributed by atoms with Crippen molar-refractivity contribution in [2.45, 2.75) is 32.1 Å². The molecule has 1 heterocycles. The SMILES string of the molecule is COc1ccc(CCCC(=O)N2CCCC(COc3ccccc3)C2)cc1. The van der Waals surface area contributed by atoms with Crippen molar-refractivity contribution in [3.05, 3.63) is 60.2 Å². The number of rotatable bonds is 8. The van der Waals surface area contributed by atoms with Gasteiger partial charge in [-0.05, 0) is 55.5 Å². The van der Waals surface area contributed by atoms with Crippen molar-refractivity contribution >= 4 is 5.91 Å². The third-order valence-corrected chi connectivity index (χ3v) is 5.12. The lowest BCUT2D eigenvalue weighted by atomic mass is 9.98. The Balaban J connectivity index is 1.39. The minimum atomic E-state index is 0.271. The molecule has 1 fully saturated rings. The lowest BCUT2D eigenvalue weighted by molar-refractivity contribution is -0.133. The monoisotopic (exact) mass is 367 g/mol. The second-order valence-electron chi connectivity index (χ2n) is 7.17. The molecule has 1 aliphatic rings. The molecule has 3 rings (SSSR count). The molecule has 27 heavy (non-hydrogen) atoms. The van der Waals surface area contributed by atoms with Crippen LogP contribution in [-0.4, -0.2) is 37.6 Å². The molecule has 0 bridgehead atoms. The molecule has 0 radical (unpaired) electrons. The first-order valence-electron chi connectivity index (χ1n) is 9.83. The summed E-state index contributed by atoms with van der Waals surface area (Å²) in [7, 11) is 1.67. The summed E-state index contributed by atoms with van der Waals surface area (Å²) in [6.45, 7) is 2.37. The first-order chi connectivity index (χ1) is 13.2. The highest BCUT2D eigenvalue weighted by molar-refractivity contribution is 5.76. The van der Waals surface area contributed by atoms with Gasteiger partial charge in [-0.3, -0.25) is 4.79 Å². The number of hydrogen-bond acceptors (Lipinski definition) is 3. The maximum atomic E-state index is 12.6. The Morgan fingerprint density at radius 2 is 1.85 bits per heavy atom. The number of piperidine rings is 1. The van der Waals surface area contributed by atoms with Crippen molar-refractivity contribution in [3.63, 3.8) is 0 Å². The minimum absolute atomic E-state index is 0.271. The van der Waals surface area contributed by atoms with Crippen molar-refractivity contribution in [2.24, 2.45) is 5.92 Å². The van der Waals surface area contributed by atoms with Gasteiger partial charge in [0, 0.05) is 25.4 Å². The van der Waals surface area contributed by atoms with Gasteiger partial charge in [0.1, 0.15) is 11.5 Å². The molecule has 0 aromatic heterocycles. The molecule has 0 saturated carbocycles. The first kappa shape index (κ1) is 19.3. The van der Waals surface area contributed by atoms with Crippen LogP contribution in [0.2, 0.25) is 0 Å². The maximum absolute atomic E-state index is 12.6. The fourth-order valence-electron chi connectivity index (χ4n) is 3.55. The van der Waals surface area contributed by atoms with Crippen molar-refractivity contribution in [1.29, 1.82) is 0 Å². The Bertz CT molecular complexity index is 699. The van der Waals surface area contributed by atoms with E-state index in [1.807, 2.05) is 47.4 Å². The number of methoxy groups -OCH3 is 1. The summed E-state index contributed by atoms with van der Waals surface area (Å²) in [5, 5.41) is 0. The summed E-state index contributed by atoms with van der Waals surface area (Å²) in [5.41, 5.74) is 1.25. The molecule has 4 nitrogen and oxygen atoms in total. The highest BCUT2D eigenvalue weighted by Crippen LogP contribution is 2.20. The average Bonchev–Trinajstić information content (AvgIpc) is 2.73. The summed E-state index contributed by atoms with van der Waals surface area (Å²) < 4.78 is 11.1. The number of aryl methyl sites for hydroxylation is 1. The fraction of sp³-hybridized carbons (Fsp3) is 0.435. The van der Waals surface area contributed by atoms with Gasteiger partial charge < -0.3 is 14.4 Å². The molecule has 1 aliphatic heterocycles. The van der Waals surface area contributed by atoms with Crippen LogP contribution in [0.3, 0.4) is 0 Å². The fourth-order valence-corrected chi connectivity index (χ4v) is 3.55. The lowest BCUT2D eigenvalue weighted by Crippen LogP contribution is -2.41. The summed E-state index contributed by atoms with van der Waals surface area (Å²) in [6.07, 6.45) is 4.60. The van der Waals surface area contributed by atoms with Gasteiger partial charge in [0.25, 0.3) is 0 Å². The van der Waals surface area contributed by atoms with E-state index in [9.17, 15) is 4.79 Å². The van der Waals surface area contributed by atoms with E-state index in [1.165, 1.54) is 5.56 Å². The van der Waals surface area contributed by atoms with Crippen LogP contribution >= 0.6 is 0 Å². The molecule has 2 aromatic carbocycles. The summed E-state index contributed by atoms with van der Waals surface area (Å²) >= 11 is 0. The Labute approximate surface area is 162 Å². The third kappa shape index (κ3) is 6.02. The number of benzene rings is 2. The predicted molar refractivity (Wildman–Crippen MR) is 107 cm³/mol. The number of hydrogen-bond donors (Lipinski definition) is 0. The number of carbonyl (C=O) groups is 1. The van der Waals surface area contributed by atoms with Gasteiger partial charge in [0.2, 0.25) is 5.91 Å². The highest BCUT2D eigenvalue weighted by atomic mass is 16.5. The largest absolute Gasteiger partial charge is 0.497 e. The smallest absolute Gasteiger partial charge is 0.222 e. The van der Waals surface area contributed by atoms with Crippen molar-refractivity contribution in [3.8, 4) is 11.5 Å². The van der Waals surface area contributed by atoms with Crippen LogP contribution in [0.1, 0.15) is 31.2 Å². The van der Waals surface area contributed by atoms with Gasteiger partial charge in [-0.15, -0.1) is 0 Å². The van der Waals surface area contributed by atoms with Crippen molar-refractivity contribution in [2.75, 3.05) is 26.8 Å². The van der Waals surface area contributed by atoms with Crippen LogP contribution in [0.4, 0.5) is 0 Å². The van der Waals surface area contributed by atoms with Crippen LogP contribution in [-0.2, 0) is 11.2 Å². The second-order valence-corrected chi connectivity index (χ2v) is 7.17. The molecular formula is C23H29NO3. The normalized spacial score (nSPS) is 16.8. The van der Waals surface area contributed by atoms with Gasteiger partial charge in [-0.2, -0.15) is 0 Å². The number of ether oxygens (including phenoxy) is 2. The van der Waals surface area contributed by atoms with Crippen LogP contribution in [0.15, 0.2) is 54.6 Å². The molecular weight excluding hydrogens is 338 g/mol. The Kier molecular flexibility index (Phi) is 7.14. The van der Waals surface area contributed by atoms with Crippen LogP contribution in [0, 0.1) is 5.92 Å². The molecule has 0 spiro atoms. The number of para-hydroxylation sites is 1. The average molecular weight is 367 g/mol. The van der Waals surface area contributed by atoms with Gasteiger partial charge in [-0.1, -0.05) is 30.3 Å².